The highest BCUT2D eigenvalue weighted by molar-refractivity contribution is 7.92. The van der Waals surface area contributed by atoms with E-state index in [1.807, 2.05) is 30.3 Å². The first-order chi connectivity index (χ1) is 15.5. The lowest BCUT2D eigenvalue weighted by Crippen LogP contribution is -2.41. The lowest BCUT2D eigenvalue weighted by atomic mass is 10.1. The van der Waals surface area contributed by atoms with Crippen LogP contribution in [0, 0.1) is 0 Å². The predicted octanol–water partition coefficient (Wildman–Crippen LogP) is 3.26. The number of ether oxygens (including phenoxy) is 2. The van der Waals surface area contributed by atoms with E-state index in [4.69, 9.17) is 9.47 Å². The molecule has 3 aromatic rings. The fourth-order valence-electron chi connectivity index (χ4n) is 3.19. The average Bonchev–Trinajstić information content (AvgIpc) is 2.83. The summed E-state index contributed by atoms with van der Waals surface area (Å²) in [5, 5.41) is 2.80. The summed E-state index contributed by atoms with van der Waals surface area (Å²) in [4.78, 5) is 12.8. The molecule has 8 heteroatoms. The van der Waals surface area contributed by atoms with Crippen LogP contribution in [-0.4, -0.2) is 41.6 Å². The number of nitrogens with zero attached hydrogens (tertiary/aromatic N) is 1. The maximum absolute atomic E-state index is 13.4. The van der Waals surface area contributed by atoms with Crippen molar-refractivity contribution in [2.24, 2.45) is 0 Å². The Labute approximate surface area is 188 Å². The summed E-state index contributed by atoms with van der Waals surface area (Å²) >= 11 is 0. The van der Waals surface area contributed by atoms with Gasteiger partial charge in [-0.15, -0.1) is 0 Å². The monoisotopic (exact) mass is 454 g/mol. The van der Waals surface area contributed by atoms with E-state index in [0.29, 0.717) is 18.7 Å². The summed E-state index contributed by atoms with van der Waals surface area (Å²) in [7, 11) is -1.08. The number of sulfonamides is 1. The lowest BCUT2D eigenvalue weighted by molar-refractivity contribution is -0.119. The Kier molecular flexibility index (Phi) is 7.72. The topological polar surface area (TPSA) is 84.9 Å². The highest BCUT2D eigenvalue weighted by atomic mass is 32.2. The first kappa shape index (κ1) is 23.1. The molecule has 0 radical (unpaired) electrons. The third kappa shape index (κ3) is 5.59. The van der Waals surface area contributed by atoms with E-state index in [-0.39, 0.29) is 16.3 Å². The second-order valence-electron chi connectivity index (χ2n) is 6.95. The van der Waals surface area contributed by atoms with E-state index in [1.54, 1.807) is 36.4 Å². The van der Waals surface area contributed by atoms with Crippen LogP contribution in [0.25, 0.3) is 0 Å². The molecule has 0 aliphatic rings. The van der Waals surface area contributed by atoms with Crippen LogP contribution < -0.4 is 19.1 Å². The minimum atomic E-state index is -4.03. The standard InChI is InChI=1S/C24H26N2O5S/c1-30-20-13-14-22(23(17-20)31-2)26(32(28,29)21-11-7-4-8-12-21)18-24(27)25-16-15-19-9-5-3-6-10-19/h3-14,17H,15-16,18H2,1-2H3,(H,25,27). The molecule has 0 atom stereocenters. The first-order valence-corrected chi connectivity index (χ1v) is 11.5. The zero-order valence-corrected chi connectivity index (χ0v) is 18.8. The molecule has 0 aromatic heterocycles. The molecule has 1 amide bonds. The number of amides is 1. The summed E-state index contributed by atoms with van der Waals surface area (Å²) in [6.07, 6.45) is 0.643. The Balaban J connectivity index is 1.87. The second-order valence-corrected chi connectivity index (χ2v) is 8.81. The van der Waals surface area contributed by atoms with Gasteiger partial charge in [-0.3, -0.25) is 9.10 Å². The maximum atomic E-state index is 13.4. The number of methoxy groups -OCH3 is 2. The molecule has 0 heterocycles. The van der Waals surface area contributed by atoms with Crippen LogP contribution in [0.4, 0.5) is 5.69 Å². The van der Waals surface area contributed by atoms with Gasteiger partial charge in [0.25, 0.3) is 10.0 Å². The number of rotatable bonds is 10. The predicted molar refractivity (Wildman–Crippen MR) is 124 cm³/mol. The SMILES string of the molecule is COc1ccc(N(CC(=O)NCCc2ccccc2)S(=O)(=O)c2ccccc2)c(OC)c1. The van der Waals surface area contributed by atoms with E-state index in [2.05, 4.69) is 5.32 Å². The summed E-state index contributed by atoms with van der Waals surface area (Å²) < 4.78 is 38.6. The van der Waals surface area contributed by atoms with Crippen molar-refractivity contribution in [2.45, 2.75) is 11.3 Å². The molecule has 3 rings (SSSR count). The fraction of sp³-hybridized carbons (Fsp3) is 0.208. The molecule has 0 spiro atoms. The van der Waals surface area contributed by atoms with Crippen molar-refractivity contribution in [3.05, 3.63) is 84.4 Å². The molecule has 32 heavy (non-hydrogen) atoms. The first-order valence-electron chi connectivity index (χ1n) is 10.1. The molecule has 7 nitrogen and oxygen atoms in total. The second kappa shape index (κ2) is 10.7. The molecule has 0 saturated carbocycles. The Morgan fingerprint density at radius 3 is 2.19 bits per heavy atom. The van der Waals surface area contributed by atoms with Crippen LogP contribution >= 0.6 is 0 Å². The molecule has 0 bridgehead atoms. The van der Waals surface area contributed by atoms with Crippen LogP contribution in [0.2, 0.25) is 0 Å². The van der Waals surface area contributed by atoms with E-state index < -0.39 is 22.5 Å². The molecule has 0 unspecified atom stereocenters. The Morgan fingerprint density at radius 2 is 1.56 bits per heavy atom. The minimum absolute atomic E-state index is 0.0787. The molecule has 0 aliphatic carbocycles. The number of hydrogen-bond acceptors (Lipinski definition) is 5. The smallest absolute Gasteiger partial charge is 0.264 e. The third-order valence-corrected chi connectivity index (χ3v) is 6.63. The van der Waals surface area contributed by atoms with Crippen LogP contribution in [0.3, 0.4) is 0 Å². The van der Waals surface area contributed by atoms with Gasteiger partial charge in [0, 0.05) is 12.6 Å². The van der Waals surface area contributed by atoms with Crippen LogP contribution in [0.5, 0.6) is 11.5 Å². The van der Waals surface area contributed by atoms with E-state index in [1.165, 1.54) is 26.4 Å². The summed E-state index contributed by atoms with van der Waals surface area (Å²) in [6.45, 7) is -0.00345. The number of hydrogen-bond donors (Lipinski definition) is 1. The van der Waals surface area contributed by atoms with E-state index >= 15 is 0 Å². The van der Waals surface area contributed by atoms with Gasteiger partial charge in [0.2, 0.25) is 5.91 Å². The van der Waals surface area contributed by atoms with Gasteiger partial charge in [-0.05, 0) is 36.2 Å². The van der Waals surface area contributed by atoms with Gasteiger partial charge in [0.15, 0.2) is 0 Å². The Bertz CT molecular complexity index is 1140. The van der Waals surface area contributed by atoms with Crippen molar-refractivity contribution in [2.75, 3.05) is 31.6 Å². The van der Waals surface area contributed by atoms with Crippen molar-refractivity contribution in [1.29, 1.82) is 0 Å². The number of carbonyl (C=O) groups excluding carboxylic acids is 1. The van der Waals surface area contributed by atoms with Gasteiger partial charge in [-0.1, -0.05) is 48.5 Å². The maximum Gasteiger partial charge on any atom is 0.264 e. The minimum Gasteiger partial charge on any atom is -0.497 e. The third-order valence-electron chi connectivity index (χ3n) is 4.85. The van der Waals surface area contributed by atoms with Crippen LogP contribution in [-0.2, 0) is 21.2 Å². The van der Waals surface area contributed by atoms with Gasteiger partial charge in [0.05, 0.1) is 24.8 Å². The molecular formula is C24H26N2O5S. The van der Waals surface area contributed by atoms with Crippen molar-refractivity contribution in [3.8, 4) is 11.5 Å². The van der Waals surface area contributed by atoms with Crippen molar-refractivity contribution in [1.82, 2.24) is 5.32 Å². The summed E-state index contributed by atoms with van der Waals surface area (Å²) in [5.74, 6) is 0.370. The van der Waals surface area contributed by atoms with Crippen LogP contribution in [0.1, 0.15) is 5.56 Å². The number of carbonyl (C=O) groups is 1. The van der Waals surface area contributed by atoms with E-state index in [0.717, 1.165) is 9.87 Å². The lowest BCUT2D eigenvalue weighted by Gasteiger charge is -2.26. The normalized spacial score (nSPS) is 10.9. The van der Waals surface area contributed by atoms with Gasteiger partial charge < -0.3 is 14.8 Å². The fourth-order valence-corrected chi connectivity index (χ4v) is 4.64. The summed E-state index contributed by atoms with van der Waals surface area (Å²) in [5.41, 5.74) is 1.33. The molecule has 3 aromatic carbocycles. The van der Waals surface area contributed by atoms with E-state index in [9.17, 15) is 13.2 Å². The largest absolute Gasteiger partial charge is 0.497 e. The highest BCUT2D eigenvalue weighted by Gasteiger charge is 2.29. The molecule has 1 N–H and O–H groups in total. The Hall–Kier alpha value is -3.52. The van der Waals surface area contributed by atoms with Gasteiger partial charge in [-0.2, -0.15) is 0 Å². The molecular weight excluding hydrogens is 428 g/mol. The number of benzene rings is 3. The van der Waals surface area contributed by atoms with Crippen molar-refractivity contribution in [3.63, 3.8) is 0 Å². The average molecular weight is 455 g/mol. The number of anilines is 1. The quantitative estimate of drug-likeness (QED) is 0.508. The van der Waals surface area contributed by atoms with Crippen molar-refractivity contribution >= 4 is 21.6 Å². The van der Waals surface area contributed by atoms with Gasteiger partial charge in [0.1, 0.15) is 18.0 Å². The molecule has 0 aliphatic heterocycles. The molecule has 0 fully saturated rings. The highest BCUT2D eigenvalue weighted by Crippen LogP contribution is 2.35. The summed E-state index contributed by atoms with van der Waals surface area (Å²) in [6, 6.07) is 22.5. The zero-order valence-electron chi connectivity index (χ0n) is 18.0. The number of nitrogens with one attached hydrogen (secondary N) is 1. The van der Waals surface area contributed by atoms with Gasteiger partial charge >= 0.3 is 0 Å². The van der Waals surface area contributed by atoms with Gasteiger partial charge in [-0.25, -0.2) is 8.42 Å². The Morgan fingerprint density at radius 1 is 0.906 bits per heavy atom. The molecule has 0 saturated heterocycles. The zero-order chi connectivity index (χ0) is 23.0. The van der Waals surface area contributed by atoms with Crippen LogP contribution in [0.15, 0.2) is 83.8 Å². The molecule has 168 valence electrons. The van der Waals surface area contributed by atoms with Crippen molar-refractivity contribution < 1.29 is 22.7 Å².